The number of carbonyl (C=O) groups excluding carboxylic acids is 1. The fraction of sp³-hybridized carbons (Fsp3) is 0.471. The van der Waals surface area contributed by atoms with Crippen LogP contribution in [0.4, 0.5) is 0 Å². The summed E-state index contributed by atoms with van der Waals surface area (Å²) in [5, 5.41) is 10.7. The maximum atomic E-state index is 12.6. The summed E-state index contributed by atoms with van der Waals surface area (Å²) in [5.41, 5.74) is 1.08. The number of aliphatic hydroxyl groups is 1. The Bertz CT molecular complexity index is 635. The Morgan fingerprint density at radius 1 is 1.33 bits per heavy atom. The zero-order valence-electron chi connectivity index (χ0n) is 12.4. The zero-order chi connectivity index (χ0) is 14.8. The fourth-order valence-electron chi connectivity index (χ4n) is 3.35. The number of nitrogens with zero attached hydrogens (tertiary/aromatic N) is 2. The lowest BCUT2D eigenvalue weighted by atomic mass is 9.91. The Kier molecular flexibility index (Phi) is 3.97. The zero-order valence-corrected chi connectivity index (χ0v) is 12.4. The number of carbonyl (C=O) groups is 1. The van der Waals surface area contributed by atoms with Gasteiger partial charge in [0.15, 0.2) is 0 Å². The van der Waals surface area contributed by atoms with E-state index < -0.39 is 0 Å². The van der Waals surface area contributed by atoms with Gasteiger partial charge in [0.1, 0.15) is 6.54 Å². The molecule has 0 spiro atoms. The smallest absolute Gasteiger partial charge is 0.242 e. The second-order valence-electron chi connectivity index (χ2n) is 5.96. The Balaban J connectivity index is 1.79. The molecule has 1 aliphatic heterocycles. The molecule has 2 unspecified atom stereocenters. The van der Waals surface area contributed by atoms with Gasteiger partial charge in [-0.25, -0.2) is 0 Å². The molecule has 2 aromatic rings. The number of aliphatic hydroxyl groups excluding tert-OH is 1. The van der Waals surface area contributed by atoms with Crippen LogP contribution < -0.4 is 0 Å². The first-order valence-corrected chi connectivity index (χ1v) is 7.65. The Labute approximate surface area is 125 Å². The molecular weight excluding hydrogens is 264 g/mol. The van der Waals surface area contributed by atoms with Crippen molar-refractivity contribution in [3.05, 3.63) is 36.5 Å². The van der Waals surface area contributed by atoms with Gasteiger partial charge >= 0.3 is 0 Å². The quantitative estimate of drug-likeness (QED) is 0.940. The van der Waals surface area contributed by atoms with E-state index in [0.29, 0.717) is 12.5 Å². The van der Waals surface area contributed by atoms with E-state index in [1.54, 1.807) is 0 Å². The Morgan fingerprint density at radius 2 is 2.14 bits per heavy atom. The standard InChI is InChI=1S/C17H22N2O2/c1-13-5-4-9-19(16(13)12-20)17(21)11-18-10-8-14-6-2-3-7-15(14)18/h2-3,6-8,10,13,16,20H,4-5,9,11-12H2,1H3. The summed E-state index contributed by atoms with van der Waals surface area (Å²) in [6.45, 7) is 3.27. The summed E-state index contributed by atoms with van der Waals surface area (Å²) in [6, 6.07) is 10.1. The van der Waals surface area contributed by atoms with Crippen LogP contribution in [0.3, 0.4) is 0 Å². The first-order chi connectivity index (χ1) is 10.2. The highest BCUT2D eigenvalue weighted by Gasteiger charge is 2.31. The van der Waals surface area contributed by atoms with Crippen LogP contribution in [0.25, 0.3) is 10.9 Å². The molecule has 1 saturated heterocycles. The molecule has 0 aliphatic carbocycles. The van der Waals surface area contributed by atoms with Gasteiger partial charge in [0.2, 0.25) is 5.91 Å². The van der Waals surface area contributed by atoms with Crippen molar-refractivity contribution in [2.75, 3.05) is 13.2 Å². The molecule has 1 N–H and O–H groups in total. The molecule has 0 saturated carbocycles. The molecule has 2 heterocycles. The lowest BCUT2D eigenvalue weighted by molar-refractivity contribution is -0.138. The second kappa shape index (κ2) is 5.90. The predicted octanol–water partition coefficient (Wildman–Crippen LogP) is 2.26. The molecule has 4 heteroatoms. The predicted molar refractivity (Wildman–Crippen MR) is 82.9 cm³/mol. The van der Waals surface area contributed by atoms with E-state index in [-0.39, 0.29) is 18.6 Å². The van der Waals surface area contributed by atoms with E-state index in [0.717, 1.165) is 30.3 Å². The van der Waals surface area contributed by atoms with Crippen molar-refractivity contribution in [1.82, 2.24) is 9.47 Å². The van der Waals surface area contributed by atoms with Crippen molar-refractivity contribution < 1.29 is 9.90 Å². The number of benzene rings is 1. The molecule has 1 fully saturated rings. The molecule has 1 aliphatic rings. The van der Waals surface area contributed by atoms with Crippen LogP contribution in [-0.4, -0.2) is 39.7 Å². The van der Waals surface area contributed by atoms with Crippen LogP contribution in [0.1, 0.15) is 19.8 Å². The number of likely N-dealkylation sites (tertiary alicyclic amines) is 1. The lowest BCUT2D eigenvalue weighted by Gasteiger charge is -2.39. The summed E-state index contributed by atoms with van der Waals surface area (Å²) in [5.74, 6) is 0.469. The first kappa shape index (κ1) is 14.1. The number of para-hydroxylation sites is 1. The van der Waals surface area contributed by atoms with Crippen molar-refractivity contribution in [3.8, 4) is 0 Å². The fourth-order valence-corrected chi connectivity index (χ4v) is 3.35. The largest absolute Gasteiger partial charge is 0.394 e. The van der Waals surface area contributed by atoms with Gasteiger partial charge in [-0.2, -0.15) is 0 Å². The molecule has 0 radical (unpaired) electrons. The van der Waals surface area contributed by atoms with E-state index >= 15 is 0 Å². The molecule has 1 amide bonds. The molecule has 112 valence electrons. The number of amides is 1. The highest BCUT2D eigenvalue weighted by Crippen LogP contribution is 2.24. The number of hydrogen-bond acceptors (Lipinski definition) is 2. The van der Waals surface area contributed by atoms with E-state index in [4.69, 9.17) is 0 Å². The van der Waals surface area contributed by atoms with Gasteiger partial charge in [-0.05, 0) is 36.3 Å². The van der Waals surface area contributed by atoms with Gasteiger partial charge in [-0.1, -0.05) is 25.1 Å². The molecule has 1 aromatic carbocycles. The molecule has 2 atom stereocenters. The summed E-state index contributed by atoms with van der Waals surface area (Å²) >= 11 is 0. The van der Waals surface area contributed by atoms with Crippen molar-refractivity contribution >= 4 is 16.8 Å². The summed E-state index contributed by atoms with van der Waals surface area (Å²) in [4.78, 5) is 14.5. The molecule has 3 rings (SSSR count). The minimum Gasteiger partial charge on any atom is -0.394 e. The van der Waals surface area contributed by atoms with E-state index in [1.165, 1.54) is 0 Å². The van der Waals surface area contributed by atoms with Crippen LogP contribution in [0.15, 0.2) is 36.5 Å². The summed E-state index contributed by atoms with van der Waals surface area (Å²) in [7, 11) is 0. The summed E-state index contributed by atoms with van der Waals surface area (Å²) < 4.78 is 1.99. The SMILES string of the molecule is CC1CCCN(C(=O)Cn2ccc3ccccc32)C1CO. The van der Waals surface area contributed by atoms with Crippen LogP contribution >= 0.6 is 0 Å². The van der Waals surface area contributed by atoms with Crippen LogP contribution in [0, 0.1) is 5.92 Å². The van der Waals surface area contributed by atoms with Crippen LogP contribution in [-0.2, 0) is 11.3 Å². The number of rotatable bonds is 3. The topological polar surface area (TPSA) is 45.5 Å². The van der Waals surface area contributed by atoms with Gasteiger partial charge in [-0.15, -0.1) is 0 Å². The average Bonchev–Trinajstić information content (AvgIpc) is 2.90. The van der Waals surface area contributed by atoms with Crippen molar-refractivity contribution in [1.29, 1.82) is 0 Å². The van der Waals surface area contributed by atoms with E-state index in [2.05, 4.69) is 13.0 Å². The first-order valence-electron chi connectivity index (χ1n) is 7.65. The van der Waals surface area contributed by atoms with Gasteiger partial charge in [0.25, 0.3) is 0 Å². The normalized spacial score (nSPS) is 22.7. The van der Waals surface area contributed by atoms with Gasteiger partial charge in [-0.3, -0.25) is 4.79 Å². The van der Waals surface area contributed by atoms with E-state index in [1.807, 2.05) is 39.9 Å². The van der Waals surface area contributed by atoms with Gasteiger partial charge in [0.05, 0.1) is 12.6 Å². The molecular formula is C17H22N2O2. The molecule has 21 heavy (non-hydrogen) atoms. The van der Waals surface area contributed by atoms with Crippen LogP contribution in [0.5, 0.6) is 0 Å². The van der Waals surface area contributed by atoms with Gasteiger partial charge in [0, 0.05) is 18.3 Å². The summed E-state index contributed by atoms with van der Waals surface area (Å²) in [6.07, 6.45) is 4.07. The third-order valence-electron chi connectivity index (χ3n) is 4.61. The lowest BCUT2D eigenvalue weighted by Crippen LogP contribution is -2.50. The Morgan fingerprint density at radius 3 is 2.95 bits per heavy atom. The van der Waals surface area contributed by atoms with E-state index in [9.17, 15) is 9.90 Å². The second-order valence-corrected chi connectivity index (χ2v) is 5.96. The Hall–Kier alpha value is -1.81. The minimum atomic E-state index is -0.0342. The van der Waals surface area contributed by atoms with Crippen molar-refractivity contribution in [2.45, 2.75) is 32.4 Å². The monoisotopic (exact) mass is 286 g/mol. The number of hydrogen-bond donors (Lipinski definition) is 1. The highest BCUT2D eigenvalue weighted by molar-refractivity contribution is 5.83. The van der Waals surface area contributed by atoms with Crippen molar-refractivity contribution in [2.24, 2.45) is 5.92 Å². The number of fused-ring (bicyclic) bond motifs is 1. The number of aromatic nitrogens is 1. The minimum absolute atomic E-state index is 0.0342. The van der Waals surface area contributed by atoms with Crippen LogP contribution in [0.2, 0.25) is 0 Å². The molecule has 4 nitrogen and oxygen atoms in total. The third kappa shape index (κ3) is 2.68. The number of piperidine rings is 1. The molecule has 0 bridgehead atoms. The maximum Gasteiger partial charge on any atom is 0.242 e. The van der Waals surface area contributed by atoms with Crippen molar-refractivity contribution in [3.63, 3.8) is 0 Å². The average molecular weight is 286 g/mol. The molecule has 1 aromatic heterocycles. The van der Waals surface area contributed by atoms with Gasteiger partial charge < -0.3 is 14.6 Å². The highest BCUT2D eigenvalue weighted by atomic mass is 16.3. The third-order valence-corrected chi connectivity index (χ3v) is 4.61. The maximum absolute atomic E-state index is 12.6.